The van der Waals surface area contributed by atoms with Crippen LogP contribution < -0.4 is 0 Å². The van der Waals surface area contributed by atoms with E-state index in [2.05, 4.69) is 36.6 Å². The normalized spacial score (nSPS) is 13.4. The zero-order valence-corrected chi connectivity index (χ0v) is 14.2. The van der Waals surface area contributed by atoms with Gasteiger partial charge in [-0.25, -0.2) is 4.68 Å². The van der Waals surface area contributed by atoms with Crippen molar-refractivity contribution in [1.29, 1.82) is 0 Å². The highest BCUT2D eigenvalue weighted by Crippen LogP contribution is 2.31. The van der Waals surface area contributed by atoms with Crippen molar-refractivity contribution in [2.75, 3.05) is 0 Å². The highest BCUT2D eigenvalue weighted by molar-refractivity contribution is 5.74. The summed E-state index contributed by atoms with van der Waals surface area (Å²) in [6.07, 6.45) is 4.04. The number of carbonyl (C=O) groups is 1. The number of hydrogen-bond donors (Lipinski definition) is 0. The van der Waals surface area contributed by atoms with Crippen molar-refractivity contribution in [3.8, 4) is 11.5 Å². The number of aromatic nitrogens is 3. The minimum atomic E-state index is 0.0875. The molecule has 5 nitrogen and oxygen atoms in total. The Bertz CT molecular complexity index is 921. The average molecular weight is 320 g/mol. The van der Waals surface area contributed by atoms with Gasteiger partial charge in [-0.2, -0.15) is 5.10 Å². The molecule has 0 N–H and O–H groups in total. The van der Waals surface area contributed by atoms with Gasteiger partial charge in [0.05, 0.1) is 24.5 Å². The molecule has 0 radical (unpaired) electrons. The van der Waals surface area contributed by atoms with Crippen LogP contribution in [0.5, 0.6) is 0 Å². The summed E-state index contributed by atoms with van der Waals surface area (Å²) in [6, 6.07) is 10.4. The molecular formula is C19H20N4O. The van der Waals surface area contributed by atoms with Gasteiger partial charge in [-0.1, -0.05) is 17.7 Å². The molecule has 0 saturated heterocycles. The zero-order valence-electron chi connectivity index (χ0n) is 14.2. The van der Waals surface area contributed by atoms with Crippen LogP contribution >= 0.6 is 0 Å². The quantitative estimate of drug-likeness (QED) is 0.728. The van der Waals surface area contributed by atoms with Gasteiger partial charge in [0.2, 0.25) is 5.91 Å². The minimum absolute atomic E-state index is 0.0875. The third-order valence-corrected chi connectivity index (χ3v) is 4.60. The summed E-state index contributed by atoms with van der Waals surface area (Å²) >= 11 is 0. The van der Waals surface area contributed by atoms with Gasteiger partial charge in [-0.15, -0.1) is 0 Å². The lowest BCUT2D eigenvalue weighted by Crippen LogP contribution is -2.23. The van der Waals surface area contributed by atoms with Crippen molar-refractivity contribution in [2.45, 2.75) is 33.9 Å². The van der Waals surface area contributed by atoms with Gasteiger partial charge >= 0.3 is 0 Å². The van der Waals surface area contributed by atoms with Gasteiger partial charge in [0.1, 0.15) is 5.82 Å². The number of hydrogen-bond acceptors (Lipinski definition) is 2. The largest absolute Gasteiger partial charge is 0.332 e. The van der Waals surface area contributed by atoms with Gasteiger partial charge in [0.15, 0.2) is 0 Å². The van der Waals surface area contributed by atoms with Crippen LogP contribution in [0.4, 0.5) is 0 Å². The molecule has 1 aliphatic heterocycles. The van der Waals surface area contributed by atoms with E-state index in [4.69, 9.17) is 5.10 Å². The molecule has 0 aliphatic carbocycles. The predicted octanol–water partition coefficient (Wildman–Crippen LogP) is 3.14. The van der Waals surface area contributed by atoms with Crippen LogP contribution in [0, 0.1) is 13.8 Å². The molecule has 122 valence electrons. The van der Waals surface area contributed by atoms with E-state index in [1.165, 1.54) is 11.1 Å². The molecule has 5 heteroatoms. The molecular weight excluding hydrogens is 300 g/mol. The Morgan fingerprint density at radius 2 is 1.88 bits per heavy atom. The molecule has 1 aliphatic rings. The van der Waals surface area contributed by atoms with Crippen molar-refractivity contribution in [3.63, 3.8) is 0 Å². The fourth-order valence-electron chi connectivity index (χ4n) is 3.38. The Kier molecular flexibility index (Phi) is 3.30. The van der Waals surface area contributed by atoms with Crippen LogP contribution in [-0.4, -0.2) is 25.2 Å². The number of benzene rings is 1. The van der Waals surface area contributed by atoms with E-state index in [0.717, 1.165) is 22.8 Å². The first kappa shape index (κ1) is 14.8. The molecule has 0 saturated carbocycles. The monoisotopic (exact) mass is 320 g/mol. The second kappa shape index (κ2) is 5.37. The van der Waals surface area contributed by atoms with Crippen molar-refractivity contribution in [1.82, 2.24) is 19.2 Å². The van der Waals surface area contributed by atoms with Crippen LogP contribution in [0.1, 0.15) is 29.3 Å². The summed E-state index contributed by atoms with van der Waals surface area (Å²) in [5.41, 5.74) is 5.61. The van der Waals surface area contributed by atoms with Crippen LogP contribution in [0.25, 0.3) is 11.5 Å². The summed E-state index contributed by atoms with van der Waals surface area (Å²) in [5, 5.41) is 4.84. The summed E-state index contributed by atoms with van der Waals surface area (Å²) < 4.78 is 4.09. The van der Waals surface area contributed by atoms with Crippen LogP contribution in [0.15, 0.2) is 42.7 Å². The van der Waals surface area contributed by atoms with E-state index >= 15 is 0 Å². The molecule has 0 fully saturated rings. The molecule has 0 bridgehead atoms. The second-order valence-electron chi connectivity index (χ2n) is 6.42. The molecule has 24 heavy (non-hydrogen) atoms. The molecule has 3 aromatic rings. The lowest BCUT2D eigenvalue weighted by atomic mass is 10.1. The van der Waals surface area contributed by atoms with Crippen LogP contribution in [-0.2, 0) is 17.9 Å². The summed E-state index contributed by atoms with van der Waals surface area (Å²) in [7, 11) is 0. The summed E-state index contributed by atoms with van der Waals surface area (Å²) in [6.45, 7) is 7.01. The number of nitrogens with zero attached hydrogens (tertiary/aromatic N) is 4. The lowest BCUT2D eigenvalue weighted by Gasteiger charge is -2.16. The Hall–Kier alpha value is -2.82. The van der Waals surface area contributed by atoms with E-state index < -0.39 is 0 Å². The molecule has 1 amide bonds. The molecule has 3 heterocycles. The smallest absolute Gasteiger partial charge is 0.220 e. The third kappa shape index (κ3) is 2.24. The van der Waals surface area contributed by atoms with Crippen molar-refractivity contribution < 1.29 is 4.79 Å². The highest BCUT2D eigenvalue weighted by atomic mass is 16.2. The summed E-state index contributed by atoms with van der Waals surface area (Å²) in [4.78, 5) is 13.6. The zero-order chi connectivity index (χ0) is 16.8. The fraction of sp³-hybridized carbons (Fsp3) is 0.263. The molecule has 0 unspecified atom stereocenters. The number of fused-ring (bicyclic) bond motifs is 1. The lowest BCUT2D eigenvalue weighted by molar-refractivity contribution is -0.129. The average Bonchev–Trinajstić information content (AvgIpc) is 3.21. The van der Waals surface area contributed by atoms with Crippen molar-refractivity contribution in [2.24, 2.45) is 0 Å². The summed E-state index contributed by atoms with van der Waals surface area (Å²) in [5.74, 6) is 1.11. The van der Waals surface area contributed by atoms with Gasteiger partial charge in [-0.05, 0) is 37.6 Å². The standard InChI is InChI=1S/C19H20N4O/c1-13-6-7-18(14(2)10-13)23-19(21-8-4-5-9-21)16-11-22(15(3)24)12-17(16)20-23/h4-10H,11-12H2,1-3H3. The molecule has 0 atom stereocenters. The first-order chi connectivity index (χ1) is 11.5. The van der Waals surface area contributed by atoms with E-state index in [9.17, 15) is 4.79 Å². The Morgan fingerprint density at radius 3 is 2.54 bits per heavy atom. The molecule has 4 rings (SSSR count). The van der Waals surface area contributed by atoms with E-state index in [0.29, 0.717) is 13.1 Å². The molecule has 1 aromatic carbocycles. The Labute approximate surface area is 141 Å². The van der Waals surface area contributed by atoms with Crippen LogP contribution in [0.2, 0.25) is 0 Å². The Morgan fingerprint density at radius 1 is 1.12 bits per heavy atom. The molecule has 2 aromatic heterocycles. The van der Waals surface area contributed by atoms with Crippen molar-refractivity contribution >= 4 is 5.91 Å². The second-order valence-corrected chi connectivity index (χ2v) is 6.42. The van der Waals surface area contributed by atoms with Gasteiger partial charge in [0.25, 0.3) is 0 Å². The number of rotatable bonds is 2. The van der Waals surface area contributed by atoms with Gasteiger partial charge < -0.3 is 9.47 Å². The van der Waals surface area contributed by atoms with E-state index in [-0.39, 0.29) is 5.91 Å². The Balaban J connectivity index is 1.91. The topological polar surface area (TPSA) is 43.1 Å². The van der Waals surface area contributed by atoms with E-state index in [1.807, 2.05) is 34.1 Å². The maximum Gasteiger partial charge on any atom is 0.220 e. The SMILES string of the molecule is CC(=O)N1Cc2nn(-c3ccc(C)cc3C)c(-n3cccc3)c2C1. The van der Waals surface area contributed by atoms with Gasteiger partial charge in [0, 0.05) is 24.9 Å². The predicted molar refractivity (Wildman–Crippen MR) is 92.3 cm³/mol. The van der Waals surface area contributed by atoms with Crippen LogP contribution in [0.3, 0.4) is 0 Å². The first-order valence-electron chi connectivity index (χ1n) is 8.12. The number of carbonyl (C=O) groups excluding carboxylic acids is 1. The maximum absolute atomic E-state index is 11.7. The first-order valence-corrected chi connectivity index (χ1v) is 8.12. The number of amides is 1. The minimum Gasteiger partial charge on any atom is -0.332 e. The van der Waals surface area contributed by atoms with Gasteiger partial charge in [-0.3, -0.25) is 4.79 Å². The third-order valence-electron chi connectivity index (χ3n) is 4.60. The molecule has 0 spiro atoms. The van der Waals surface area contributed by atoms with E-state index in [1.54, 1.807) is 6.92 Å². The van der Waals surface area contributed by atoms with Crippen molar-refractivity contribution in [3.05, 3.63) is 65.1 Å². The maximum atomic E-state index is 11.7. The fourth-order valence-corrected chi connectivity index (χ4v) is 3.38. The number of aryl methyl sites for hydroxylation is 2. The highest BCUT2D eigenvalue weighted by Gasteiger charge is 2.30.